The second-order valence-corrected chi connectivity index (χ2v) is 6.92. The van der Waals surface area contributed by atoms with E-state index in [1.165, 1.54) is 0 Å². The van der Waals surface area contributed by atoms with Crippen LogP contribution in [0.3, 0.4) is 0 Å². The van der Waals surface area contributed by atoms with Gasteiger partial charge in [-0.1, -0.05) is 31.5 Å². The summed E-state index contributed by atoms with van der Waals surface area (Å²) in [4.78, 5) is 16.2. The molecule has 28 heavy (non-hydrogen) atoms. The molecule has 6 nitrogen and oxygen atoms in total. The first-order valence-corrected chi connectivity index (χ1v) is 9.43. The zero-order valence-corrected chi connectivity index (χ0v) is 17.0. The molecule has 0 saturated heterocycles. The summed E-state index contributed by atoms with van der Waals surface area (Å²) >= 11 is 6.11. The van der Waals surface area contributed by atoms with Crippen LogP contribution in [0.5, 0.6) is 5.75 Å². The molecular weight excluding hydrogens is 376 g/mol. The summed E-state index contributed by atoms with van der Waals surface area (Å²) in [7, 11) is 0. The standard InChI is InChI=1S/C21H25ClN4O2/c1-4-5-20(25-21(27)16-8-10-23-11-9-16)26-24-13-17-12-18(22)6-7-19(17)28-14-15(2)3/h4-12,15,24H,13-14H2,1-3H3,(H,25,26,27)/b5-4+. The maximum Gasteiger partial charge on any atom is 0.256 e. The van der Waals surface area contributed by atoms with E-state index in [0.29, 0.717) is 35.5 Å². The molecule has 0 aliphatic heterocycles. The fourth-order valence-electron chi connectivity index (χ4n) is 2.25. The van der Waals surface area contributed by atoms with Gasteiger partial charge >= 0.3 is 0 Å². The number of benzene rings is 1. The zero-order valence-electron chi connectivity index (χ0n) is 16.3. The van der Waals surface area contributed by atoms with Gasteiger partial charge in [0.05, 0.1) is 13.2 Å². The third-order valence-electron chi connectivity index (χ3n) is 3.57. The molecule has 7 heteroatoms. The lowest BCUT2D eigenvalue weighted by Crippen LogP contribution is -2.30. The highest BCUT2D eigenvalue weighted by molar-refractivity contribution is 6.30. The lowest BCUT2D eigenvalue weighted by molar-refractivity contribution is 0.0977. The Bertz CT molecular complexity index is 836. The van der Waals surface area contributed by atoms with E-state index in [4.69, 9.17) is 16.3 Å². The van der Waals surface area contributed by atoms with Crippen LogP contribution in [0.15, 0.2) is 60.0 Å². The van der Waals surface area contributed by atoms with Gasteiger partial charge in [0.25, 0.3) is 5.91 Å². The van der Waals surface area contributed by atoms with Gasteiger partial charge in [-0.15, -0.1) is 0 Å². The second-order valence-electron chi connectivity index (χ2n) is 6.48. The van der Waals surface area contributed by atoms with Crippen molar-refractivity contribution in [3.63, 3.8) is 0 Å². The smallest absolute Gasteiger partial charge is 0.256 e. The van der Waals surface area contributed by atoms with Gasteiger partial charge in [0.2, 0.25) is 0 Å². The number of ether oxygens (including phenoxy) is 1. The number of carbonyl (C=O) groups is 1. The van der Waals surface area contributed by atoms with Gasteiger partial charge in [-0.2, -0.15) is 5.10 Å². The van der Waals surface area contributed by atoms with E-state index < -0.39 is 0 Å². The summed E-state index contributed by atoms with van der Waals surface area (Å²) in [6.45, 7) is 7.05. The Morgan fingerprint density at radius 2 is 2.04 bits per heavy atom. The number of hydrogen-bond acceptors (Lipinski definition) is 5. The molecule has 0 saturated carbocycles. The molecule has 1 amide bonds. The van der Waals surface area contributed by atoms with Crippen LogP contribution in [0.25, 0.3) is 0 Å². The van der Waals surface area contributed by atoms with Gasteiger partial charge < -0.3 is 15.5 Å². The molecule has 0 aliphatic carbocycles. The van der Waals surface area contributed by atoms with E-state index in [-0.39, 0.29) is 5.91 Å². The van der Waals surface area contributed by atoms with Crippen LogP contribution in [-0.4, -0.2) is 23.3 Å². The summed E-state index contributed by atoms with van der Waals surface area (Å²) in [5, 5.41) is 7.66. The lowest BCUT2D eigenvalue weighted by atomic mass is 10.2. The predicted molar refractivity (Wildman–Crippen MR) is 113 cm³/mol. The minimum atomic E-state index is -0.259. The number of nitrogens with one attached hydrogen (secondary N) is 2. The fourth-order valence-corrected chi connectivity index (χ4v) is 2.44. The average Bonchev–Trinajstić information content (AvgIpc) is 2.68. The van der Waals surface area contributed by atoms with Crippen molar-refractivity contribution in [2.45, 2.75) is 27.3 Å². The highest BCUT2D eigenvalue weighted by atomic mass is 35.5. The van der Waals surface area contributed by atoms with Gasteiger partial charge in [0.15, 0.2) is 5.84 Å². The molecule has 2 N–H and O–H groups in total. The molecule has 1 heterocycles. The fraction of sp³-hybridized carbons (Fsp3) is 0.286. The molecule has 148 valence electrons. The molecule has 0 atom stereocenters. The summed E-state index contributed by atoms with van der Waals surface area (Å²) in [6, 6.07) is 8.76. The molecule has 2 rings (SSSR count). The highest BCUT2D eigenvalue weighted by Crippen LogP contribution is 2.23. The Labute approximate surface area is 170 Å². The van der Waals surface area contributed by atoms with E-state index >= 15 is 0 Å². The first-order chi connectivity index (χ1) is 13.5. The van der Waals surface area contributed by atoms with Crippen molar-refractivity contribution in [2.75, 3.05) is 6.61 Å². The number of allylic oxidation sites excluding steroid dienone is 1. The van der Waals surface area contributed by atoms with Crippen molar-refractivity contribution in [1.29, 1.82) is 0 Å². The highest BCUT2D eigenvalue weighted by Gasteiger charge is 2.08. The van der Waals surface area contributed by atoms with Crippen molar-refractivity contribution in [3.8, 4) is 5.75 Å². The number of hydrazone groups is 1. The molecule has 0 fully saturated rings. The monoisotopic (exact) mass is 400 g/mol. The molecule has 0 bridgehead atoms. The average molecular weight is 401 g/mol. The van der Waals surface area contributed by atoms with Crippen LogP contribution in [-0.2, 0) is 6.54 Å². The van der Waals surface area contributed by atoms with Crippen LogP contribution in [0, 0.1) is 5.92 Å². The number of aromatic nitrogens is 1. The number of carbonyl (C=O) groups excluding carboxylic acids is 1. The minimum absolute atomic E-state index is 0.259. The Hall–Kier alpha value is -2.86. The predicted octanol–water partition coefficient (Wildman–Crippen LogP) is 4.18. The topological polar surface area (TPSA) is 75.6 Å². The lowest BCUT2D eigenvalue weighted by Gasteiger charge is -2.14. The number of amidine groups is 1. The van der Waals surface area contributed by atoms with Crippen molar-refractivity contribution in [3.05, 3.63) is 71.0 Å². The second kappa shape index (κ2) is 11.1. The maximum atomic E-state index is 12.3. The van der Waals surface area contributed by atoms with E-state index in [2.05, 4.69) is 34.7 Å². The Kier molecular flexibility index (Phi) is 8.49. The third kappa shape index (κ3) is 7.04. The number of amides is 1. The first kappa shape index (κ1) is 21.4. The zero-order chi connectivity index (χ0) is 20.4. The SMILES string of the molecule is C/C=C/C(=N\NCc1cc(Cl)ccc1OCC(C)C)NC(=O)c1ccncc1. The molecule has 1 aromatic carbocycles. The van der Waals surface area contributed by atoms with Crippen LogP contribution < -0.4 is 15.5 Å². The quantitative estimate of drug-likeness (QED) is 0.396. The maximum absolute atomic E-state index is 12.3. The third-order valence-corrected chi connectivity index (χ3v) is 3.81. The Morgan fingerprint density at radius 1 is 1.29 bits per heavy atom. The largest absolute Gasteiger partial charge is 0.493 e. The minimum Gasteiger partial charge on any atom is -0.493 e. The van der Waals surface area contributed by atoms with Crippen LogP contribution in [0.1, 0.15) is 36.7 Å². The van der Waals surface area contributed by atoms with Gasteiger partial charge in [-0.3, -0.25) is 9.78 Å². The van der Waals surface area contributed by atoms with Crippen LogP contribution in [0.4, 0.5) is 0 Å². The number of pyridine rings is 1. The van der Waals surface area contributed by atoms with E-state index in [1.807, 2.05) is 19.1 Å². The summed E-state index contributed by atoms with van der Waals surface area (Å²) < 4.78 is 5.84. The Balaban J connectivity index is 2.05. The normalized spacial score (nSPS) is 11.7. The summed E-state index contributed by atoms with van der Waals surface area (Å²) in [6.07, 6.45) is 6.64. The Morgan fingerprint density at radius 3 is 2.71 bits per heavy atom. The molecule has 0 unspecified atom stereocenters. The molecule has 0 radical (unpaired) electrons. The van der Waals surface area contributed by atoms with Gasteiger partial charge in [-0.05, 0) is 49.2 Å². The van der Waals surface area contributed by atoms with Gasteiger partial charge in [0, 0.05) is 28.5 Å². The number of nitrogens with zero attached hydrogens (tertiary/aromatic N) is 2. The van der Waals surface area contributed by atoms with Crippen molar-refractivity contribution < 1.29 is 9.53 Å². The van der Waals surface area contributed by atoms with E-state index in [9.17, 15) is 4.79 Å². The van der Waals surface area contributed by atoms with Crippen LogP contribution in [0.2, 0.25) is 5.02 Å². The summed E-state index contributed by atoms with van der Waals surface area (Å²) in [5.74, 6) is 1.31. The summed E-state index contributed by atoms with van der Waals surface area (Å²) in [5.41, 5.74) is 4.36. The molecular formula is C21H25ClN4O2. The van der Waals surface area contributed by atoms with Crippen molar-refractivity contribution >= 4 is 23.3 Å². The molecule has 0 aliphatic rings. The van der Waals surface area contributed by atoms with E-state index in [1.54, 1.807) is 42.7 Å². The number of hydrogen-bond donors (Lipinski definition) is 2. The van der Waals surface area contributed by atoms with Crippen molar-refractivity contribution in [2.24, 2.45) is 11.0 Å². The van der Waals surface area contributed by atoms with Gasteiger partial charge in [-0.25, -0.2) is 0 Å². The van der Waals surface area contributed by atoms with Crippen LogP contribution >= 0.6 is 11.6 Å². The first-order valence-electron chi connectivity index (χ1n) is 9.05. The molecule has 2 aromatic rings. The van der Waals surface area contributed by atoms with Crippen molar-refractivity contribution in [1.82, 2.24) is 15.7 Å². The molecule has 1 aromatic heterocycles. The number of rotatable bonds is 8. The number of halogens is 1. The van der Waals surface area contributed by atoms with E-state index in [0.717, 1.165) is 11.3 Å². The molecule has 0 spiro atoms. The van der Waals surface area contributed by atoms with Gasteiger partial charge in [0.1, 0.15) is 5.75 Å².